The topological polar surface area (TPSA) is 138 Å². The average Bonchev–Trinajstić information content (AvgIpc) is 2.75. The third kappa shape index (κ3) is 8.65. The Morgan fingerprint density at radius 3 is 2.16 bits per heavy atom. The molecule has 0 spiro atoms. The molecule has 11 nitrogen and oxygen atoms in total. The normalized spacial score (nSPS) is 13.1. The second-order valence-corrected chi connectivity index (χ2v) is 7.65. The number of rotatable bonds is 15. The highest BCUT2D eigenvalue weighted by Gasteiger charge is 2.47. The van der Waals surface area contributed by atoms with E-state index in [1.165, 1.54) is 7.11 Å². The highest BCUT2D eigenvalue weighted by Crippen LogP contribution is 2.57. The van der Waals surface area contributed by atoms with Crippen LogP contribution in [0.15, 0.2) is 41.7 Å². The molecule has 0 aliphatic carbocycles. The highest BCUT2D eigenvalue weighted by molar-refractivity contribution is 7.58. The Labute approximate surface area is 181 Å². The molecule has 0 heterocycles. The lowest BCUT2D eigenvalue weighted by molar-refractivity contribution is -0.157. The number of diazo groups is 1. The molecule has 1 rings (SSSR count). The molecule has 1 aromatic rings. The number of hydrogen-bond acceptors (Lipinski definition) is 10. The Bertz CT molecular complexity index is 785. The maximum atomic E-state index is 12.5. The fraction of sp³-hybridized carbons (Fsp3) is 0.526. The van der Waals surface area contributed by atoms with Gasteiger partial charge in [-0.05, 0) is 19.4 Å². The summed E-state index contributed by atoms with van der Waals surface area (Å²) >= 11 is 0. The van der Waals surface area contributed by atoms with Crippen LogP contribution in [-0.2, 0) is 37.4 Å². The number of nitrogens with zero attached hydrogens (tertiary/aromatic N) is 2. The third-order valence-corrected chi connectivity index (χ3v) is 5.63. The zero-order valence-electron chi connectivity index (χ0n) is 17.8. The van der Waals surface area contributed by atoms with Gasteiger partial charge in [0.15, 0.2) is 11.1 Å². The van der Waals surface area contributed by atoms with Gasteiger partial charge in [0, 0.05) is 7.11 Å². The minimum atomic E-state index is -4.02. The van der Waals surface area contributed by atoms with Gasteiger partial charge in [-0.15, -0.1) is 0 Å². The molecule has 0 fully saturated rings. The number of esters is 1. The fourth-order valence-corrected chi connectivity index (χ4v) is 3.76. The van der Waals surface area contributed by atoms with Crippen LogP contribution in [0.5, 0.6) is 0 Å². The Morgan fingerprint density at radius 1 is 1.06 bits per heavy atom. The lowest BCUT2D eigenvalue weighted by Gasteiger charge is -2.14. The number of ether oxygens (including phenoxy) is 4. The van der Waals surface area contributed by atoms with Crippen LogP contribution in [-0.4, -0.2) is 57.8 Å². The molecule has 0 amide bonds. The maximum Gasteiger partial charge on any atom is 0.548 e. The molecule has 1 atom stereocenters. The predicted octanol–water partition coefficient (Wildman–Crippen LogP) is 3.75. The van der Waals surface area contributed by atoms with Crippen LogP contribution in [0.25, 0.3) is 4.98 Å². The molecule has 0 aliphatic heterocycles. The van der Waals surface area contributed by atoms with Crippen molar-refractivity contribution in [2.24, 2.45) is 0 Å². The van der Waals surface area contributed by atoms with E-state index in [2.05, 4.69) is 4.98 Å². The first kappa shape index (κ1) is 26.6. The molecule has 1 aromatic carbocycles. The van der Waals surface area contributed by atoms with Gasteiger partial charge in [-0.3, -0.25) is 0 Å². The molecule has 1 unspecified atom stereocenters. The molecular weight excluding hydrogens is 431 g/mol. The van der Waals surface area contributed by atoms with Crippen LogP contribution in [0.3, 0.4) is 0 Å². The van der Waals surface area contributed by atoms with Gasteiger partial charge in [-0.25, -0.2) is 9.36 Å². The van der Waals surface area contributed by atoms with E-state index in [1.807, 2.05) is 6.07 Å². The summed E-state index contributed by atoms with van der Waals surface area (Å²) in [6, 6.07) is 8.92. The molecule has 31 heavy (non-hydrogen) atoms. The van der Waals surface area contributed by atoms with Crippen molar-refractivity contribution in [2.45, 2.75) is 20.0 Å². The fourth-order valence-electron chi connectivity index (χ4n) is 2.35. The number of carbonyl (C=O) groups is 1. The quantitative estimate of drug-likeness (QED) is 0.136. The zero-order valence-corrected chi connectivity index (χ0v) is 18.7. The number of benzene rings is 1. The smallest absolute Gasteiger partial charge is 0.475 e. The number of aliphatic hydroxyl groups excluding tert-OH is 1. The Morgan fingerprint density at radius 2 is 1.65 bits per heavy atom. The largest absolute Gasteiger partial charge is 0.548 e. The number of hydrogen-bond donors (Lipinski definition) is 1. The second-order valence-electron chi connectivity index (χ2n) is 5.72. The SMILES string of the molecule is CCOP(=O)(OCC)/C([N+]#N)=C(/O)OCCOCCOC(=O)C(OC)c1ccccc1. The first-order valence-corrected chi connectivity index (χ1v) is 11.1. The van der Waals surface area contributed by atoms with Gasteiger partial charge in [-0.2, -0.15) is 0 Å². The lowest BCUT2D eigenvalue weighted by Crippen LogP contribution is -2.20. The molecule has 0 saturated carbocycles. The van der Waals surface area contributed by atoms with E-state index < -0.39 is 31.1 Å². The summed E-state index contributed by atoms with van der Waals surface area (Å²) in [5.74, 6) is -1.46. The molecule has 1 N–H and O–H groups in total. The Balaban J connectivity index is 2.41. The van der Waals surface area contributed by atoms with E-state index in [4.69, 9.17) is 33.4 Å². The monoisotopic (exact) mass is 459 g/mol. The van der Waals surface area contributed by atoms with Crippen LogP contribution in [0.1, 0.15) is 25.5 Å². The predicted molar refractivity (Wildman–Crippen MR) is 110 cm³/mol. The van der Waals surface area contributed by atoms with Gasteiger partial charge >= 0.3 is 24.9 Å². The van der Waals surface area contributed by atoms with Crippen molar-refractivity contribution in [2.75, 3.05) is 46.8 Å². The van der Waals surface area contributed by atoms with Crippen molar-refractivity contribution >= 4 is 13.6 Å². The van der Waals surface area contributed by atoms with Gasteiger partial charge in [0.2, 0.25) is 5.39 Å². The number of carbonyl (C=O) groups excluding carboxylic acids is 1. The van der Waals surface area contributed by atoms with E-state index in [-0.39, 0.29) is 39.6 Å². The molecule has 0 radical (unpaired) electrons. The van der Waals surface area contributed by atoms with Crippen LogP contribution >= 0.6 is 7.60 Å². The first-order valence-electron chi connectivity index (χ1n) is 9.56. The van der Waals surface area contributed by atoms with Crippen molar-refractivity contribution in [1.82, 2.24) is 0 Å². The van der Waals surface area contributed by atoms with Crippen molar-refractivity contribution in [1.29, 1.82) is 5.39 Å². The molecule has 12 heteroatoms. The first-order chi connectivity index (χ1) is 14.9. The summed E-state index contributed by atoms with van der Waals surface area (Å²) in [6.07, 6.45) is -0.835. The molecule has 0 bridgehead atoms. The average molecular weight is 459 g/mol. The van der Waals surface area contributed by atoms with Crippen LogP contribution in [0.4, 0.5) is 0 Å². The van der Waals surface area contributed by atoms with E-state index in [0.717, 1.165) is 0 Å². The maximum absolute atomic E-state index is 12.5. The van der Waals surface area contributed by atoms with E-state index in [1.54, 1.807) is 38.1 Å². The summed E-state index contributed by atoms with van der Waals surface area (Å²) in [6.45, 7) is 3.01. The summed E-state index contributed by atoms with van der Waals surface area (Å²) in [4.78, 5) is 14.9. The van der Waals surface area contributed by atoms with E-state index in [9.17, 15) is 14.5 Å². The summed E-state index contributed by atoms with van der Waals surface area (Å²) in [5.41, 5.74) is -0.0651. The second kappa shape index (κ2) is 14.5. The van der Waals surface area contributed by atoms with E-state index >= 15 is 0 Å². The minimum absolute atomic E-state index is 0.000280. The number of aliphatic hydroxyl groups is 1. The van der Waals surface area contributed by atoms with Crippen LogP contribution in [0, 0.1) is 5.39 Å². The molecule has 0 aliphatic rings. The summed E-state index contributed by atoms with van der Waals surface area (Å²) in [7, 11) is -2.61. The zero-order chi connectivity index (χ0) is 23.1. The molecule has 0 aromatic heterocycles. The van der Waals surface area contributed by atoms with Gasteiger partial charge in [0.05, 0.1) is 26.4 Å². The van der Waals surface area contributed by atoms with Crippen molar-refractivity contribution in [3.05, 3.63) is 52.3 Å². The van der Waals surface area contributed by atoms with Crippen LogP contribution in [0.2, 0.25) is 0 Å². The summed E-state index contributed by atoms with van der Waals surface area (Å²) in [5, 5.41) is 19.0. The molecule has 172 valence electrons. The van der Waals surface area contributed by atoms with Gasteiger partial charge < -0.3 is 33.1 Å². The van der Waals surface area contributed by atoms with Crippen molar-refractivity contribution < 1.29 is 42.5 Å². The Hall–Kier alpha value is -2.48. The standard InChI is InChI=1S/C19H27N2O9P/c1-4-29-31(24,30-5-2)17(21-20)19(23)28-14-12-26-11-13-27-18(22)16(25-3)15-9-7-6-8-10-15/h6-10,16H,4-5,11-14H2,1-3H3/p+1. The van der Waals surface area contributed by atoms with Gasteiger partial charge in [0.1, 0.15) is 13.2 Å². The third-order valence-electron chi connectivity index (χ3n) is 3.63. The van der Waals surface area contributed by atoms with E-state index in [0.29, 0.717) is 5.56 Å². The molecule has 0 saturated heterocycles. The number of methoxy groups -OCH3 is 1. The van der Waals surface area contributed by atoms with Gasteiger partial charge in [-0.1, -0.05) is 30.3 Å². The van der Waals surface area contributed by atoms with Crippen LogP contribution < -0.4 is 0 Å². The Kier molecular flexibility index (Phi) is 12.4. The van der Waals surface area contributed by atoms with Gasteiger partial charge in [0.25, 0.3) is 0 Å². The lowest BCUT2D eigenvalue weighted by atomic mass is 10.1. The molecular formula is C19H28N2O9P+. The highest BCUT2D eigenvalue weighted by atomic mass is 31.2. The summed E-state index contributed by atoms with van der Waals surface area (Å²) < 4.78 is 43.0. The van der Waals surface area contributed by atoms with Crippen molar-refractivity contribution in [3.63, 3.8) is 0 Å². The minimum Gasteiger partial charge on any atom is -0.475 e. The van der Waals surface area contributed by atoms with Crippen molar-refractivity contribution in [3.8, 4) is 0 Å².